The van der Waals surface area contributed by atoms with Gasteiger partial charge in [-0.05, 0) is 70.1 Å². The second-order valence-electron chi connectivity index (χ2n) is 11.1. The van der Waals surface area contributed by atoms with E-state index in [1.54, 1.807) is 25.1 Å². The third-order valence-corrected chi connectivity index (χ3v) is 9.95. The Bertz CT molecular complexity index is 1290. The highest BCUT2D eigenvalue weighted by atomic mass is 32.1. The number of thiophene rings is 1. The van der Waals surface area contributed by atoms with Gasteiger partial charge in [0.2, 0.25) is 0 Å². The fourth-order valence-corrected chi connectivity index (χ4v) is 9.18. The lowest BCUT2D eigenvalue weighted by atomic mass is 9.48. The normalized spacial score (nSPS) is 30.7. The van der Waals surface area contributed by atoms with Crippen LogP contribution in [0.25, 0.3) is 0 Å². The maximum atomic E-state index is 14.2. The molecule has 8 heteroatoms. The summed E-state index contributed by atoms with van der Waals surface area (Å²) in [6, 6.07) is 6.49. The Morgan fingerprint density at radius 3 is 2.29 bits per heavy atom. The minimum atomic E-state index is -0.695. The number of nitrogens with one attached hydrogen (secondary N) is 1. The van der Waals surface area contributed by atoms with Crippen molar-refractivity contribution < 1.29 is 14.5 Å². The number of nitrogens with two attached hydrogens (primary N) is 1. The van der Waals surface area contributed by atoms with Gasteiger partial charge in [0, 0.05) is 33.9 Å². The average molecular weight is 492 g/mol. The summed E-state index contributed by atoms with van der Waals surface area (Å²) in [4.78, 5) is 39.0. The molecule has 1 aromatic heterocycles. The van der Waals surface area contributed by atoms with E-state index in [4.69, 9.17) is 5.73 Å². The number of nitro benzene ring substituents is 1. The van der Waals surface area contributed by atoms with E-state index in [0.717, 1.165) is 19.3 Å². The molecule has 4 bridgehead atoms. The zero-order valence-corrected chi connectivity index (χ0v) is 20.7. The molecule has 1 aromatic carbocycles. The topological polar surface area (TPSA) is 115 Å². The van der Waals surface area contributed by atoms with Crippen LogP contribution in [0.2, 0.25) is 0 Å². The Balaban J connectivity index is 1.49. The van der Waals surface area contributed by atoms with Gasteiger partial charge in [-0.3, -0.25) is 19.7 Å². The molecule has 0 amide bonds. The summed E-state index contributed by atoms with van der Waals surface area (Å²) in [5.41, 5.74) is 8.85. The third-order valence-electron chi connectivity index (χ3n) is 8.82. The number of nitrogens with zero attached hydrogens (tertiary/aromatic N) is 1. The quantitative estimate of drug-likeness (QED) is 0.298. The fraction of sp³-hybridized carbons (Fsp3) is 0.481. The van der Waals surface area contributed by atoms with Gasteiger partial charge in [0.25, 0.3) is 5.69 Å². The molecule has 35 heavy (non-hydrogen) atoms. The van der Waals surface area contributed by atoms with E-state index in [1.165, 1.54) is 43.6 Å². The van der Waals surface area contributed by atoms with Crippen LogP contribution in [0.3, 0.4) is 0 Å². The summed E-state index contributed by atoms with van der Waals surface area (Å²) in [6.07, 6.45) is 6.56. The second kappa shape index (κ2) is 7.75. The van der Waals surface area contributed by atoms with Crippen molar-refractivity contribution in [3.8, 4) is 0 Å². The molecule has 3 N–H and O–H groups in total. The summed E-state index contributed by atoms with van der Waals surface area (Å²) >= 11 is 1.35. The molecule has 0 spiro atoms. The molecular formula is C27H29N3O4S. The summed E-state index contributed by atoms with van der Waals surface area (Å²) in [7, 11) is 0. The lowest BCUT2D eigenvalue weighted by molar-refractivity contribution is -0.385. The zero-order chi connectivity index (χ0) is 24.6. The van der Waals surface area contributed by atoms with Crippen molar-refractivity contribution in [2.75, 3.05) is 11.1 Å². The number of Topliss-reactive ketones (excluding diaryl/α,β-unsaturated/α-hetero) is 2. The van der Waals surface area contributed by atoms with E-state index < -0.39 is 10.8 Å². The number of carbonyl (C=O) groups excluding carboxylic acids is 2. The van der Waals surface area contributed by atoms with Gasteiger partial charge >= 0.3 is 0 Å². The summed E-state index contributed by atoms with van der Waals surface area (Å²) in [5.74, 6) is 1.16. The molecular weight excluding hydrogens is 462 g/mol. The number of nitro groups is 1. The molecule has 2 heterocycles. The van der Waals surface area contributed by atoms with Crippen molar-refractivity contribution in [1.29, 1.82) is 0 Å². The first-order chi connectivity index (χ1) is 16.7. The number of carbonyl (C=O) groups is 2. The number of benzene rings is 1. The number of hydrogen-bond acceptors (Lipinski definition) is 7. The van der Waals surface area contributed by atoms with E-state index in [9.17, 15) is 19.7 Å². The maximum Gasteiger partial charge on any atom is 0.273 e. The van der Waals surface area contributed by atoms with Crippen LogP contribution >= 0.6 is 11.3 Å². The largest absolute Gasteiger partial charge is 0.397 e. The van der Waals surface area contributed by atoms with Crippen LogP contribution < -0.4 is 11.1 Å². The lowest BCUT2D eigenvalue weighted by Crippen LogP contribution is -2.50. The van der Waals surface area contributed by atoms with Crippen molar-refractivity contribution in [3.63, 3.8) is 0 Å². The van der Waals surface area contributed by atoms with Gasteiger partial charge in [0.1, 0.15) is 0 Å². The van der Waals surface area contributed by atoms with Gasteiger partial charge in [0.05, 0.1) is 26.4 Å². The van der Waals surface area contributed by atoms with E-state index in [1.807, 2.05) is 0 Å². The highest BCUT2D eigenvalue weighted by Gasteiger charge is 2.55. The number of ketones is 2. The monoisotopic (exact) mass is 491 g/mol. The van der Waals surface area contributed by atoms with Gasteiger partial charge in [0.15, 0.2) is 11.6 Å². The summed E-state index contributed by atoms with van der Waals surface area (Å²) in [5, 5.41) is 15.9. The molecule has 5 aliphatic rings. The van der Waals surface area contributed by atoms with Crippen molar-refractivity contribution in [3.05, 3.63) is 61.7 Å². The third kappa shape index (κ3) is 3.29. The molecule has 4 aliphatic carbocycles. The molecule has 1 atom stereocenters. The van der Waals surface area contributed by atoms with E-state index >= 15 is 0 Å². The molecule has 0 unspecified atom stereocenters. The summed E-state index contributed by atoms with van der Waals surface area (Å²) in [6.45, 7) is 3.27. The highest BCUT2D eigenvalue weighted by molar-refractivity contribution is 7.19. The summed E-state index contributed by atoms with van der Waals surface area (Å²) < 4.78 is 0. The van der Waals surface area contributed by atoms with Crippen molar-refractivity contribution in [2.24, 2.45) is 23.2 Å². The van der Waals surface area contributed by atoms with Crippen LogP contribution in [0.15, 0.2) is 35.5 Å². The molecule has 1 aliphatic heterocycles. The number of hydrogen-bond donors (Lipinski definition) is 2. The molecule has 7 nitrogen and oxygen atoms in total. The maximum absolute atomic E-state index is 14.2. The Morgan fingerprint density at radius 1 is 1.11 bits per heavy atom. The van der Waals surface area contributed by atoms with Gasteiger partial charge in [-0.25, -0.2) is 0 Å². The first-order valence-corrected chi connectivity index (χ1v) is 13.2. The number of nitrogen functional groups attached to an aromatic ring is 1. The number of rotatable bonds is 5. The van der Waals surface area contributed by atoms with Crippen LogP contribution in [-0.4, -0.2) is 16.5 Å². The molecule has 4 saturated carbocycles. The fourth-order valence-electron chi connectivity index (χ4n) is 7.91. The molecule has 0 saturated heterocycles. The SMILES string of the molecule is CC(=O)C1=C(C)Nc2sc(C(=O)C34CC5CC(CC(C5)C3)C4)c(N)c2[C@@H]1c1ccccc1[N+](=O)[O-]. The standard InChI is InChI=1S/C27H29N3O4S/c1-13-20(14(2)31)21(18-5-3-4-6-19(18)30(33)34)22-23(28)24(35-26(22)29-13)25(32)27-10-15-7-16(11-27)9-17(8-15)12-27/h3-6,15-17,21,29H,7-12,28H2,1-2H3/t15?,16?,17?,21-,27?/m1/s1. The second-order valence-corrected chi connectivity index (χ2v) is 12.1. The van der Waals surface area contributed by atoms with Gasteiger partial charge in [-0.15, -0.1) is 11.3 Å². The Hall–Kier alpha value is -3.00. The Kier molecular flexibility index (Phi) is 4.97. The van der Waals surface area contributed by atoms with Crippen LogP contribution in [0.5, 0.6) is 0 Å². The minimum absolute atomic E-state index is 0.0588. The molecule has 7 rings (SSSR count). The number of fused-ring (bicyclic) bond motifs is 1. The van der Waals surface area contributed by atoms with Crippen LogP contribution in [0, 0.1) is 33.3 Å². The van der Waals surface area contributed by atoms with Crippen molar-refractivity contribution >= 4 is 39.3 Å². The first kappa shape index (κ1) is 22.5. The predicted molar refractivity (Wildman–Crippen MR) is 136 cm³/mol. The van der Waals surface area contributed by atoms with Gasteiger partial charge in [-0.1, -0.05) is 18.2 Å². The number of anilines is 2. The van der Waals surface area contributed by atoms with E-state index in [0.29, 0.717) is 55.7 Å². The molecule has 4 fully saturated rings. The van der Waals surface area contributed by atoms with E-state index in [2.05, 4.69) is 5.32 Å². The Morgan fingerprint density at radius 2 is 1.71 bits per heavy atom. The average Bonchev–Trinajstić information content (AvgIpc) is 3.12. The van der Waals surface area contributed by atoms with Crippen LogP contribution in [0.4, 0.5) is 16.4 Å². The van der Waals surface area contributed by atoms with Crippen molar-refractivity contribution in [2.45, 2.75) is 58.3 Å². The first-order valence-electron chi connectivity index (χ1n) is 12.4. The minimum Gasteiger partial charge on any atom is -0.397 e. The number of para-hydroxylation sites is 1. The lowest BCUT2D eigenvalue weighted by Gasteiger charge is -2.55. The predicted octanol–water partition coefficient (Wildman–Crippen LogP) is 6.06. The van der Waals surface area contributed by atoms with Crippen molar-refractivity contribution in [1.82, 2.24) is 0 Å². The number of allylic oxidation sites excluding steroid dienone is 2. The molecule has 182 valence electrons. The van der Waals surface area contributed by atoms with Crippen LogP contribution in [-0.2, 0) is 4.79 Å². The van der Waals surface area contributed by atoms with E-state index in [-0.39, 0.29) is 22.7 Å². The molecule has 2 aromatic rings. The van der Waals surface area contributed by atoms with Gasteiger partial charge < -0.3 is 11.1 Å². The van der Waals surface area contributed by atoms with Gasteiger partial charge in [-0.2, -0.15) is 0 Å². The smallest absolute Gasteiger partial charge is 0.273 e. The van der Waals surface area contributed by atoms with Crippen LogP contribution in [0.1, 0.15) is 79.1 Å². The highest BCUT2D eigenvalue weighted by Crippen LogP contribution is 2.62. The Labute approximate surface area is 207 Å². The zero-order valence-electron chi connectivity index (χ0n) is 19.9. The molecule has 0 radical (unpaired) electrons.